The normalized spacial score (nSPS) is 17.1. The van der Waals surface area contributed by atoms with Gasteiger partial charge in [-0.05, 0) is 30.9 Å². The van der Waals surface area contributed by atoms with Crippen molar-refractivity contribution in [3.05, 3.63) is 36.2 Å². The van der Waals surface area contributed by atoms with Crippen molar-refractivity contribution in [2.45, 2.75) is 44.6 Å². The van der Waals surface area contributed by atoms with Crippen LogP contribution in [0.1, 0.15) is 49.9 Å². The molecule has 0 spiro atoms. The zero-order valence-electron chi connectivity index (χ0n) is 12.9. The van der Waals surface area contributed by atoms with Crippen LogP contribution in [0.15, 0.2) is 24.5 Å². The van der Waals surface area contributed by atoms with E-state index in [1.807, 2.05) is 0 Å². The highest BCUT2D eigenvalue weighted by Crippen LogP contribution is 2.34. The average molecular weight is 315 g/mol. The summed E-state index contributed by atoms with van der Waals surface area (Å²) >= 11 is 0. The second-order valence-corrected chi connectivity index (χ2v) is 5.99. The summed E-state index contributed by atoms with van der Waals surface area (Å²) < 4.78 is 1.60. The van der Waals surface area contributed by atoms with Crippen LogP contribution in [0.4, 0.5) is 0 Å². The van der Waals surface area contributed by atoms with E-state index in [1.165, 1.54) is 6.42 Å². The first-order valence-electron chi connectivity index (χ1n) is 7.98. The Morgan fingerprint density at radius 1 is 1.30 bits per heavy atom. The Kier molecular flexibility index (Phi) is 4.66. The Balaban J connectivity index is 1.96. The summed E-state index contributed by atoms with van der Waals surface area (Å²) in [7, 11) is 0. The summed E-state index contributed by atoms with van der Waals surface area (Å²) in [5.41, 5.74) is 6.00. The molecular weight excluding hydrogens is 294 g/mol. The third-order valence-electron chi connectivity index (χ3n) is 4.28. The minimum atomic E-state index is -0.697. The molecule has 7 nitrogen and oxygen atoms in total. The Bertz CT molecular complexity index is 664. The smallest absolute Gasteiger partial charge is 0.225 e. The lowest BCUT2D eigenvalue weighted by atomic mass is 9.85. The topological polar surface area (TPSA) is 107 Å². The molecule has 2 heterocycles. The predicted octanol–water partition coefficient (Wildman–Crippen LogP) is 1.30. The van der Waals surface area contributed by atoms with Crippen LogP contribution in [0.5, 0.6) is 0 Å². The number of amides is 1. The molecule has 1 atom stereocenters. The summed E-state index contributed by atoms with van der Waals surface area (Å²) in [5, 5.41) is 15.1. The van der Waals surface area contributed by atoms with Crippen molar-refractivity contribution in [2.75, 3.05) is 0 Å². The van der Waals surface area contributed by atoms with Crippen molar-refractivity contribution in [2.24, 2.45) is 11.7 Å². The molecule has 2 aromatic rings. The molecule has 1 fully saturated rings. The molecule has 1 amide bonds. The number of pyridine rings is 1. The summed E-state index contributed by atoms with van der Waals surface area (Å²) in [6, 6.07) is 3.58. The van der Waals surface area contributed by atoms with E-state index in [2.05, 4.69) is 15.1 Å². The first-order chi connectivity index (χ1) is 11.1. The van der Waals surface area contributed by atoms with Gasteiger partial charge in [0.1, 0.15) is 6.10 Å². The van der Waals surface area contributed by atoms with E-state index in [-0.39, 0.29) is 12.3 Å². The van der Waals surface area contributed by atoms with Gasteiger partial charge in [-0.2, -0.15) is 5.10 Å². The van der Waals surface area contributed by atoms with Gasteiger partial charge in [0.15, 0.2) is 11.6 Å². The molecule has 3 rings (SSSR count). The quantitative estimate of drug-likeness (QED) is 0.865. The van der Waals surface area contributed by atoms with Gasteiger partial charge < -0.3 is 10.8 Å². The number of aliphatic hydroxyl groups excluding tert-OH is 1. The highest BCUT2D eigenvalue weighted by Gasteiger charge is 2.28. The van der Waals surface area contributed by atoms with Crippen molar-refractivity contribution in [3.8, 4) is 5.69 Å². The van der Waals surface area contributed by atoms with Crippen LogP contribution in [-0.4, -0.2) is 30.8 Å². The summed E-state index contributed by atoms with van der Waals surface area (Å²) in [6.45, 7) is 0. The molecule has 0 radical (unpaired) electrons. The van der Waals surface area contributed by atoms with E-state index < -0.39 is 12.0 Å². The van der Waals surface area contributed by atoms with Crippen molar-refractivity contribution in [3.63, 3.8) is 0 Å². The van der Waals surface area contributed by atoms with Crippen molar-refractivity contribution in [1.82, 2.24) is 19.7 Å². The third-order valence-corrected chi connectivity index (χ3v) is 4.28. The molecule has 0 bridgehead atoms. The van der Waals surface area contributed by atoms with E-state index >= 15 is 0 Å². The van der Waals surface area contributed by atoms with Crippen LogP contribution >= 0.6 is 0 Å². The van der Waals surface area contributed by atoms with E-state index in [0.717, 1.165) is 31.4 Å². The molecular formula is C16H21N5O2. The summed E-state index contributed by atoms with van der Waals surface area (Å²) in [6.07, 6.45) is 8.00. The van der Waals surface area contributed by atoms with Gasteiger partial charge in [0, 0.05) is 12.4 Å². The molecule has 0 aromatic carbocycles. The van der Waals surface area contributed by atoms with Crippen LogP contribution in [0.25, 0.3) is 5.69 Å². The second-order valence-electron chi connectivity index (χ2n) is 5.99. The van der Waals surface area contributed by atoms with Gasteiger partial charge in [0.2, 0.25) is 5.91 Å². The lowest BCUT2D eigenvalue weighted by Gasteiger charge is -2.26. The summed E-state index contributed by atoms with van der Waals surface area (Å²) in [5.74, 6) is 0.490. The Hall–Kier alpha value is -2.28. The van der Waals surface area contributed by atoms with Crippen molar-refractivity contribution in [1.29, 1.82) is 0 Å². The second kappa shape index (κ2) is 6.87. The van der Waals surface area contributed by atoms with Crippen molar-refractivity contribution < 1.29 is 9.90 Å². The fourth-order valence-corrected chi connectivity index (χ4v) is 3.13. The predicted molar refractivity (Wildman–Crippen MR) is 83.6 cm³/mol. The number of carbonyl (C=O) groups is 1. The Labute approximate surface area is 134 Å². The molecule has 0 unspecified atom stereocenters. The van der Waals surface area contributed by atoms with E-state index in [1.54, 1.807) is 29.2 Å². The minimum absolute atomic E-state index is 0.0392. The molecule has 2 aromatic heterocycles. The first-order valence-corrected chi connectivity index (χ1v) is 7.98. The standard InChI is InChI=1S/C16H21N5O2/c17-13(22)10-14-19-16(15(23)11-4-2-1-3-5-11)21(20-14)12-6-8-18-9-7-12/h6-9,11,15,23H,1-5,10H2,(H2,17,22)/t15-/m1/s1. The zero-order chi connectivity index (χ0) is 16.2. The molecule has 7 heteroatoms. The molecule has 3 N–H and O–H groups in total. The number of carbonyl (C=O) groups excluding carboxylic acids is 1. The van der Waals surface area contributed by atoms with Gasteiger partial charge in [-0.15, -0.1) is 0 Å². The molecule has 122 valence electrons. The molecule has 23 heavy (non-hydrogen) atoms. The highest BCUT2D eigenvalue weighted by molar-refractivity contribution is 5.75. The number of hydrogen-bond donors (Lipinski definition) is 2. The molecule has 1 aliphatic rings. The number of aromatic nitrogens is 4. The Morgan fingerprint density at radius 3 is 2.65 bits per heavy atom. The maximum atomic E-state index is 11.2. The minimum Gasteiger partial charge on any atom is -0.385 e. The number of rotatable bonds is 5. The van der Waals surface area contributed by atoms with Gasteiger partial charge >= 0.3 is 0 Å². The monoisotopic (exact) mass is 315 g/mol. The fourth-order valence-electron chi connectivity index (χ4n) is 3.13. The maximum absolute atomic E-state index is 11.2. The van der Waals surface area contributed by atoms with Gasteiger partial charge in [-0.3, -0.25) is 9.78 Å². The zero-order valence-corrected chi connectivity index (χ0v) is 12.9. The first kappa shape index (κ1) is 15.6. The van der Waals surface area contributed by atoms with E-state index in [4.69, 9.17) is 5.73 Å². The average Bonchev–Trinajstić information content (AvgIpc) is 2.99. The van der Waals surface area contributed by atoms with Crippen LogP contribution in [0.3, 0.4) is 0 Å². The largest absolute Gasteiger partial charge is 0.385 e. The lowest BCUT2D eigenvalue weighted by Crippen LogP contribution is -2.19. The van der Waals surface area contributed by atoms with Crippen LogP contribution in [-0.2, 0) is 11.2 Å². The fraction of sp³-hybridized carbons (Fsp3) is 0.500. The number of nitrogens with two attached hydrogens (primary N) is 1. The maximum Gasteiger partial charge on any atom is 0.225 e. The number of hydrogen-bond acceptors (Lipinski definition) is 5. The van der Waals surface area contributed by atoms with Gasteiger partial charge in [-0.25, -0.2) is 9.67 Å². The Morgan fingerprint density at radius 2 is 2.00 bits per heavy atom. The van der Waals surface area contributed by atoms with Crippen LogP contribution in [0.2, 0.25) is 0 Å². The highest BCUT2D eigenvalue weighted by atomic mass is 16.3. The molecule has 0 aliphatic heterocycles. The summed E-state index contributed by atoms with van der Waals surface area (Å²) in [4.78, 5) is 19.5. The lowest BCUT2D eigenvalue weighted by molar-refractivity contribution is -0.117. The van der Waals surface area contributed by atoms with Crippen molar-refractivity contribution >= 4 is 5.91 Å². The van der Waals surface area contributed by atoms with E-state index in [0.29, 0.717) is 11.6 Å². The SMILES string of the molecule is NC(=O)Cc1nc([C@H](O)C2CCCCC2)n(-c2ccncc2)n1. The van der Waals surface area contributed by atoms with Gasteiger partial charge in [0.25, 0.3) is 0 Å². The van der Waals surface area contributed by atoms with Gasteiger partial charge in [0.05, 0.1) is 12.1 Å². The van der Waals surface area contributed by atoms with Crippen LogP contribution in [0, 0.1) is 5.92 Å². The molecule has 1 saturated carbocycles. The number of aliphatic hydroxyl groups is 1. The van der Waals surface area contributed by atoms with Crippen LogP contribution < -0.4 is 5.73 Å². The number of primary amides is 1. The molecule has 0 saturated heterocycles. The van der Waals surface area contributed by atoms with Gasteiger partial charge in [-0.1, -0.05) is 19.3 Å². The molecule has 1 aliphatic carbocycles. The number of nitrogens with zero attached hydrogens (tertiary/aromatic N) is 4. The third kappa shape index (κ3) is 3.56. The van der Waals surface area contributed by atoms with E-state index in [9.17, 15) is 9.90 Å².